The van der Waals surface area contributed by atoms with Gasteiger partial charge in [0.25, 0.3) is 0 Å². The van der Waals surface area contributed by atoms with Gasteiger partial charge in [0, 0.05) is 23.5 Å². The molecule has 0 saturated heterocycles. The predicted octanol–water partition coefficient (Wildman–Crippen LogP) is 4.05. The Balaban J connectivity index is 2.77. The summed E-state index contributed by atoms with van der Waals surface area (Å²) >= 11 is 0. The normalized spacial score (nSPS) is 24.9. The Kier molecular flexibility index (Phi) is 4.14. The molecule has 0 fully saturated rings. The van der Waals surface area contributed by atoms with Crippen molar-refractivity contribution in [1.82, 2.24) is 0 Å². The maximum Gasteiger partial charge on any atom is 0.307 e. The fourth-order valence-electron chi connectivity index (χ4n) is 2.17. The molecule has 0 saturated carbocycles. The Morgan fingerprint density at radius 2 is 1.87 bits per heavy atom. The molecule has 1 aromatic carbocycles. The number of benzene rings is 1. The summed E-state index contributed by atoms with van der Waals surface area (Å²) in [6, 6.07) is 2.73. The highest BCUT2D eigenvalue weighted by Gasteiger charge is 2.59. The van der Waals surface area contributed by atoms with Gasteiger partial charge in [0.2, 0.25) is 6.17 Å². The molecule has 124 valence electrons. The molecule has 1 aliphatic rings. The number of alkyl halides is 1. The number of hydrogen-bond donors (Lipinski definition) is 0. The first-order chi connectivity index (χ1) is 10.7. The Labute approximate surface area is 127 Å². The van der Waals surface area contributed by atoms with Crippen LogP contribution in [0.4, 0.5) is 22.0 Å². The van der Waals surface area contributed by atoms with E-state index in [4.69, 9.17) is 4.74 Å². The highest BCUT2D eigenvalue weighted by molar-refractivity contribution is 5.82. The van der Waals surface area contributed by atoms with Crippen molar-refractivity contribution >= 4 is 5.57 Å². The van der Waals surface area contributed by atoms with Crippen LogP contribution in [0.25, 0.3) is 5.57 Å². The van der Waals surface area contributed by atoms with E-state index in [0.29, 0.717) is 6.92 Å². The molecule has 4 nitrogen and oxygen atoms in total. The minimum atomic E-state index is -3.19. The van der Waals surface area contributed by atoms with Crippen LogP contribution < -0.4 is 4.74 Å². The van der Waals surface area contributed by atoms with Gasteiger partial charge in [-0.25, -0.2) is 22.0 Å². The molecule has 0 N–H and O–H groups in total. The van der Waals surface area contributed by atoms with Crippen LogP contribution in [-0.2, 0) is 0 Å². The third kappa shape index (κ3) is 2.36. The summed E-state index contributed by atoms with van der Waals surface area (Å²) in [7, 11) is 1.21. The quantitative estimate of drug-likeness (QED) is 0.476. The van der Waals surface area contributed by atoms with E-state index >= 15 is 0 Å². The van der Waals surface area contributed by atoms with Gasteiger partial charge >= 0.3 is 5.54 Å². The summed E-state index contributed by atoms with van der Waals surface area (Å²) in [6.45, 7) is 0.459. The average molecular weight is 335 g/mol. The molecule has 2 unspecified atom stereocenters. The number of nitro groups is 1. The summed E-state index contributed by atoms with van der Waals surface area (Å²) in [5, 5.41) is 11.0. The molecule has 0 spiro atoms. The third-order valence-corrected chi connectivity index (χ3v) is 3.63. The minimum Gasteiger partial charge on any atom is -0.497 e. The molecule has 1 aromatic rings. The van der Waals surface area contributed by atoms with Crippen molar-refractivity contribution in [3.05, 3.63) is 57.2 Å². The second kappa shape index (κ2) is 5.64. The van der Waals surface area contributed by atoms with Gasteiger partial charge in [-0.15, -0.1) is 0 Å². The van der Waals surface area contributed by atoms with Crippen LogP contribution in [0.1, 0.15) is 12.5 Å². The Hall–Kier alpha value is -2.45. The van der Waals surface area contributed by atoms with Crippen molar-refractivity contribution in [2.75, 3.05) is 7.11 Å². The average Bonchev–Trinajstić information content (AvgIpc) is 2.52. The standard InChI is InChI=1S/C14H10F5NO3/c1-14(20(21)22)12(18)9(10(16)11(17)13(14)19)7-4-3-6(23-2)5-8(7)15/h3-5,13H,1-2H3. The molecule has 0 aliphatic heterocycles. The molecule has 0 amide bonds. The van der Waals surface area contributed by atoms with Gasteiger partial charge in [0.15, 0.2) is 17.5 Å². The Bertz CT molecular complexity index is 746. The van der Waals surface area contributed by atoms with E-state index < -0.39 is 51.1 Å². The van der Waals surface area contributed by atoms with Crippen molar-refractivity contribution in [2.24, 2.45) is 0 Å². The highest BCUT2D eigenvalue weighted by atomic mass is 19.2. The van der Waals surface area contributed by atoms with Crippen molar-refractivity contribution in [3.63, 3.8) is 0 Å². The van der Waals surface area contributed by atoms with Gasteiger partial charge in [0.05, 0.1) is 12.7 Å². The molecule has 0 heterocycles. The number of nitrogens with zero attached hydrogens (tertiary/aromatic N) is 1. The summed E-state index contributed by atoms with van der Waals surface area (Å²) in [4.78, 5) is 9.56. The summed E-state index contributed by atoms with van der Waals surface area (Å²) in [5.74, 6) is -7.28. The molecule has 0 radical (unpaired) electrons. The van der Waals surface area contributed by atoms with Crippen LogP contribution in [-0.4, -0.2) is 23.7 Å². The number of allylic oxidation sites excluding steroid dienone is 2. The molecule has 1 aliphatic carbocycles. The van der Waals surface area contributed by atoms with Crippen LogP contribution in [0.3, 0.4) is 0 Å². The lowest BCUT2D eigenvalue weighted by molar-refractivity contribution is -0.564. The lowest BCUT2D eigenvalue weighted by Crippen LogP contribution is -2.48. The van der Waals surface area contributed by atoms with Gasteiger partial charge in [-0.05, 0) is 12.1 Å². The second-order valence-corrected chi connectivity index (χ2v) is 4.96. The first-order valence-corrected chi connectivity index (χ1v) is 6.24. The smallest absolute Gasteiger partial charge is 0.307 e. The molecule has 2 rings (SSSR count). The van der Waals surface area contributed by atoms with Crippen LogP contribution in [0.2, 0.25) is 0 Å². The first kappa shape index (κ1) is 16.9. The molecular weight excluding hydrogens is 325 g/mol. The fraction of sp³-hybridized carbons (Fsp3) is 0.286. The first-order valence-electron chi connectivity index (χ1n) is 6.24. The van der Waals surface area contributed by atoms with Crippen LogP contribution in [0, 0.1) is 15.9 Å². The number of halogens is 5. The van der Waals surface area contributed by atoms with Gasteiger partial charge < -0.3 is 4.74 Å². The van der Waals surface area contributed by atoms with Crippen molar-refractivity contribution in [1.29, 1.82) is 0 Å². The largest absolute Gasteiger partial charge is 0.497 e. The van der Waals surface area contributed by atoms with Crippen molar-refractivity contribution in [3.8, 4) is 5.75 Å². The fourth-order valence-corrected chi connectivity index (χ4v) is 2.17. The lowest BCUT2D eigenvalue weighted by atomic mass is 9.83. The van der Waals surface area contributed by atoms with Gasteiger partial charge in [-0.2, -0.15) is 0 Å². The molecule has 2 atom stereocenters. The van der Waals surface area contributed by atoms with Gasteiger partial charge in [0.1, 0.15) is 11.6 Å². The second-order valence-electron chi connectivity index (χ2n) is 4.96. The SMILES string of the molecule is COc1ccc(C2=C(F)C(C)([N+](=O)[O-])C(F)C(F)=C2F)c(F)c1. The molecule has 23 heavy (non-hydrogen) atoms. The van der Waals surface area contributed by atoms with E-state index in [1.165, 1.54) is 7.11 Å². The maximum absolute atomic E-state index is 14.4. The lowest BCUT2D eigenvalue weighted by Gasteiger charge is -2.28. The van der Waals surface area contributed by atoms with E-state index in [1.54, 1.807) is 0 Å². The van der Waals surface area contributed by atoms with Crippen molar-refractivity contribution in [2.45, 2.75) is 18.6 Å². The maximum atomic E-state index is 14.4. The monoisotopic (exact) mass is 335 g/mol. The van der Waals surface area contributed by atoms with Crippen LogP contribution in [0.5, 0.6) is 5.75 Å². The minimum absolute atomic E-state index is 0.00772. The summed E-state index contributed by atoms with van der Waals surface area (Å²) < 4.78 is 74.5. The molecule has 0 bridgehead atoms. The van der Waals surface area contributed by atoms with E-state index in [9.17, 15) is 32.1 Å². The molecule has 0 aromatic heterocycles. The zero-order valence-corrected chi connectivity index (χ0v) is 11.9. The topological polar surface area (TPSA) is 52.4 Å². The van der Waals surface area contributed by atoms with Crippen LogP contribution >= 0.6 is 0 Å². The van der Waals surface area contributed by atoms with E-state index in [-0.39, 0.29) is 5.75 Å². The number of hydrogen-bond acceptors (Lipinski definition) is 3. The number of ether oxygens (including phenoxy) is 1. The predicted molar refractivity (Wildman–Crippen MR) is 70.5 cm³/mol. The van der Waals surface area contributed by atoms with Crippen LogP contribution in [0.15, 0.2) is 35.7 Å². The van der Waals surface area contributed by atoms with E-state index in [1.807, 2.05) is 0 Å². The highest BCUT2D eigenvalue weighted by Crippen LogP contribution is 2.47. The van der Waals surface area contributed by atoms with Gasteiger partial charge in [-0.1, -0.05) is 0 Å². The number of rotatable bonds is 3. The third-order valence-electron chi connectivity index (χ3n) is 3.63. The number of methoxy groups -OCH3 is 1. The molecular formula is C14H10F5NO3. The summed E-state index contributed by atoms with van der Waals surface area (Å²) in [6.07, 6.45) is -3.16. The van der Waals surface area contributed by atoms with Gasteiger partial charge in [-0.3, -0.25) is 10.1 Å². The zero-order chi connectivity index (χ0) is 17.5. The summed E-state index contributed by atoms with van der Waals surface area (Å²) in [5.41, 5.74) is -5.30. The van der Waals surface area contributed by atoms with Crippen molar-refractivity contribution < 1.29 is 31.6 Å². The van der Waals surface area contributed by atoms with E-state index in [0.717, 1.165) is 18.2 Å². The zero-order valence-electron chi connectivity index (χ0n) is 11.9. The Morgan fingerprint density at radius 1 is 1.26 bits per heavy atom. The molecule has 9 heteroatoms. The Morgan fingerprint density at radius 3 is 2.35 bits per heavy atom. The van der Waals surface area contributed by atoms with E-state index in [2.05, 4.69) is 0 Å².